The predicted octanol–water partition coefficient (Wildman–Crippen LogP) is 1.96. The van der Waals surface area contributed by atoms with E-state index in [9.17, 15) is 0 Å². The van der Waals surface area contributed by atoms with Crippen molar-refractivity contribution in [2.24, 2.45) is 10.9 Å². The van der Waals surface area contributed by atoms with Crippen molar-refractivity contribution < 1.29 is 4.42 Å². The maximum absolute atomic E-state index is 5.32. The lowest BCUT2D eigenvalue weighted by atomic mass is 10.0. The highest BCUT2D eigenvalue weighted by atomic mass is 16.3. The van der Waals surface area contributed by atoms with Crippen molar-refractivity contribution in [3.05, 3.63) is 24.2 Å². The molecule has 1 atom stereocenters. The maximum atomic E-state index is 5.32. The Labute approximate surface area is 128 Å². The quantitative estimate of drug-likeness (QED) is 0.568. The molecule has 120 valence electrons. The van der Waals surface area contributed by atoms with Crippen molar-refractivity contribution in [3.8, 4) is 0 Å². The molecule has 0 saturated heterocycles. The van der Waals surface area contributed by atoms with Gasteiger partial charge in [-0.1, -0.05) is 13.8 Å². The molecule has 0 aliphatic rings. The van der Waals surface area contributed by atoms with E-state index in [2.05, 4.69) is 48.5 Å². The Morgan fingerprint density at radius 1 is 1.33 bits per heavy atom. The molecule has 0 aliphatic carbocycles. The molecule has 0 aliphatic heterocycles. The van der Waals surface area contributed by atoms with Gasteiger partial charge in [-0.3, -0.25) is 4.99 Å². The zero-order valence-corrected chi connectivity index (χ0v) is 14.0. The zero-order valence-electron chi connectivity index (χ0n) is 14.0. The van der Waals surface area contributed by atoms with Crippen LogP contribution in [0.15, 0.2) is 27.8 Å². The summed E-state index contributed by atoms with van der Waals surface area (Å²) >= 11 is 0. The van der Waals surface area contributed by atoms with Crippen molar-refractivity contribution in [1.82, 2.24) is 15.5 Å². The van der Waals surface area contributed by atoms with E-state index >= 15 is 0 Å². The maximum Gasteiger partial charge on any atom is 0.191 e. The lowest BCUT2D eigenvalue weighted by molar-refractivity contribution is 0.254. The van der Waals surface area contributed by atoms with E-state index in [0.29, 0.717) is 12.0 Å². The predicted molar refractivity (Wildman–Crippen MR) is 88.7 cm³/mol. The van der Waals surface area contributed by atoms with Crippen molar-refractivity contribution in [2.75, 3.05) is 34.2 Å². The van der Waals surface area contributed by atoms with Gasteiger partial charge in [-0.2, -0.15) is 0 Å². The molecule has 0 aromatic carbocycles. The first-order chi connectivity index (χ1) is 10.0. The topological polar surface area (TPSA) is 52.8 Å². The van der Waals surface area contributed by atoms with Gasteiger partial charge in [0.25, 0.3) is 0 Å². The van der Waals surface area contributed by atoms with Crippen LogP contribution in [0.3, 0.4) is 0 Å². The highest BCUT2D eigenvalue weighted by molar-refractivity contribution is 5.79. The van der Waals surface area contributed by atoms with E-state index in [0.717, 1.165) is 31.2 Å². The smallest absolute Gasteiger partial charge is 0.191 e. The highest BCUT2D eigenvalue weighted by Gasteiger charge is 2.13. The Balaban J connectivity index is 2.32. The van der Waals surface area contributed by atoms with Gasteiger partial charge in [0.2, 0.25) is 0 Å². The van der Waals surface area contributed by atoms with Crippen molar-refractivity contribution in [3.63, 3.8) is 0 Å². The molecule has 0 radical (unpaired) electrons. The highest BCUT2D eigenvalue weighted by Crippen LogP contribution is 2.08. The van der Waals surface area contributed by atoms with Crippen LogP contribution in [-0.4, -0.2) is 51.1 Å². The molecule has 0 spiro atoms. The van der Waals surface area contributed by atoms with Gasteiger partial charge in [0.1, 0.15) is 5.76 Å². The number of guanidine groups is 1. The van der Waals surface area contributed by atoms with Crippen molar-refractivity contribution in [2.45, 2.75) is 32.7 Å². The molecular weight excluding hydrogens is 264 g/mol. The van der Waals surface area contributed by atoms with E-state index in [1.54, 1.807) is 13.3 Å². The third-order valence-corrected chi connectivity index (χ3v) is 3.45. The summed E-state index contributed by atoms with van der Waals surface area (Å²) in [6.07, 6.45) is 3.73. The summed E-state index contributed by atoms with van der Waals surface area (Å²) in [6, 6.07) is 4.41. The molecule has 1 aromatic heterocycles. The van der Waals surface area contributed by atoms with Crippen LogP contribution in [0.4, 0.5) is 0 Å². The first kappa shape index (κ1) is 17.6. The second-order valence-electron chi connectivity index (χ2n) is 5.96. The lowest BCUT2D eigenvalue weighted by Crippen LogP contribution is -2.45. The standard InChI is InChI=1S/C16H30N4O/c1-13(2)11-14(20(4)5)12-19-16(17-3)18-9-8-15-7-6-10-21-15/h6-7,10,13-14H,8-9,11-12H2,1-5H3,(H2,17,18,19). The van der Waals surface area contributed by atoms with Crippen LogP contribution in [0, 0.1) is 5.92 Å². The van der Waals surface area contributed by atoms with Crippen LogP contribution in [-0.2, 0) is 6.42 Å². The Kier molecular flexibility index (Phi) is 7.90. The largest absolute Gasteiger partial charge is 0.469 e. The molecule has 1 rings (SSSR count). The number of hydrogen-bond acceptors (Lipinski definition) is 3. The van der Waals surface area contributed by atoms with Gasteiger partial charge in [0.15, 0.2) is 5.96 Å². The van der Waals surface area contributed by atoms with Gasteiger partial charge < -0.3 is 20.0 Å². The van der Waals surface area contributed by atoms with Crippen LogP contribution in [0.5, 0.6) is 0 Å². The van der Waals surface area contributed by atoms with Crippen LogP contribution in [0.2, 0.25) is 0 Å². The molecule has 1 heterocycles. The Morgan fingerprint density at radius 3 is 2.62 bits per heavy atom. The van der Waals surface area contributed by atoms with Crippen LogP contribution >= 0.6 is 0 Å². The van der Waals surface area contributed by atoms with E-state index < -0.39 is 0 Å². The molecule has 0 saturated carbocycles. The van der Waals surface area contributed by atoms with Gasteiger partial charge in [-0.25, -0.2) is 0 Å². The van der Waals surface area contributed by atoms with E-state index in [4.69, 9.17) is 4.42 Å². The Morgan fingerprint density at radius 2 is 2.10 bits per heavy atom. The first-order valence-corrected chi connectivity index (χ1v) is 7.66. The van der Waals surface area contributed by atoms with Gasteiger partial charge in [0, 0.05) is 32.6 Å². The molecule has 2 N–H and O–H groups in total. The number of aliphatic imine (C=N–C) groups is 1. The van der Waals surface area contributed by atoms with Crippen molar-refractivity contribution in [1.29, 1.82) is 0 Å². The zero-order chi connectivity index (χ0) is 15.7. The molecule has 1 unspecified atom stereocenters. The molecule has 1 aromatic rings. The number of nitrogens with one attached hydrogen (secondary N) is 2. The fourth-order valence-corrected chi connectivity index (χ4v) is 2.21. The Hall–Kier alpha value is -1.49. The summed E-state index contributed by atoms with van der Waals surface area (Å²) in [5.41, 5.74) is 0. The third-order valence-electron chi connectivity index (χ3n) is 3.45. The van der Waals surface area contributed by atoms with Gasteiger partial charge >= 0.3 is 0 Å². The molecule has 0 fully saturated rings. The van der Waals surface area contributed by atoms with E-state index in [1.165, 1.54) is 6.42 Å². The summed E-state index contributed by atoms with van der Waals surface area (Å²) in [4.78, 5) is 6.53. The summed E-state index contributed by atoms with van der Waals surface area (Å²) in [6.45, 7) is 6.22. The minimum atomic E-state index is 0.508. The second kappa shape index (κ2) is 9.45. The molecule has 5 nitrogen and oxygen atoms in total. The Bertz CT molecular complexity index is 398. The average Bonchev–Trinajstić information content (AvgIpc) is 2.93. The van der Waals surface area contributed by atoms with E-state index in [1.807, 2.05) is 12.1 Å². The minimum absolute atomic E-state index is 0.508. The average molecular weight is 294 g/mol. The van der Waals surface area contributed by atoms with Gasteiger partial charge in [0.05, 0.1) is 6.26 Å². The fraction of sp³-hybridized carbons (Fsp3) is 0.688. The van der Waals surface area contributed by atoms with Gasteiger partial charge in [-0.05, 0) is 38.6 Å². The number of nitrogens with zero attached hydrogens (tertiary/aromatic N) is 2. The molecule has 0 bridgehead atoms. The number of hydrogen-bond donors (Lipinski definition) is 2. The van der Waals surface area contributed by atoms with Crippen LogP contribution in [0.1, 0.15) is 26.0 Å². The molecule has 21 heavy (non-hydrogen) atoms. The number of rotatable bonds is 8. The lowest BCUT2D eigenvalue weighted by Gasteiger charge is -2.27. The first-order valence-electron chi connectivity index (χ1n) is 7.66. The normalized spacial score (nSPS) is 13.8. The van der Waals surface area contributed by atoms with Crippen molar-refractivity contribution >= 4 is 5.96 Å². The van der Waals surface area contributed by atoms with Crippen LogP contribution < -0.4 is 10.6 Å². The SMILES string of the molecule is CN=C(NCCc1ccco1)NCC(CC(C)C)N(C)C. The summed E-state index contributed by atoms with van der Waals surface area (Å²) < 4.78 is 5.32. The fourth-order valence-electron chi connectivity index (χ4n) is 2.21. The molecule has 5 heteroatoms. The number of likely N-dealkylation sites (N-methyl/N-ethyl adjacent to an activating group) is 1. The molecule has 0 amide bonds. The molecular formula is C16H30N4O. The number of furan rings is 1. The summed E-state index contributed by atoms with van der Waals surface area (Å²) in [7, 11) is 6.05. The van der Waals surface area contributed by atoms with E-state index in [-0.39, 0.29) is 0 Å². The third kappa shape index (κ3) is 7.18. The monoisotopic (exact) mass is 294 g/mol. The van der Waals surface area contributed by atoms with Crippen LogP contribution in [0.25, 0.3) is 0 Å². The minimum Gasteiger partial charge on any atom is -0.469 e. The summed E-state index contributed by atoms with van der Waals surface area (Å²) in [5.74, 6) is 2.52. The second-order valence-corrected chi connectivity index (χ2v) is 5.96. The summed E-state index contributed by atoms with van der Waals surface area (Å²) in [5, 5.41) is 6.72. The van der Waals surface area contributed by atoms with Gasteiger partial charge in [-0.15, -0.1) is 0 Å².